The monoisotopic (exact) mass is 300 g/mol. The van der Waals surface area contributed by atoms with Gasteiger partial charge in [-0.3, -0.25) is 4.79 Å². The zero-order valence-electron chi connectivity index (χ0n) is 11.7. The number of hydrogen-bond acceptors (Lipinski definition) is 4. The first kappa shape index (κ1) is 13.8. The van der Waals surface area contributed by atoms with Crippen LogP contribution in [0.25, 0.3) is 6.08 Å². The first-order valence-corrected chi connectivity index (χ1v) is 7.69. The van der Waals surface area contributed by atoms with E-state index in [1.54, 1.807) is 22.3 Å². The molecule has 0 spiro atoms. The third-order valence-corrected chi connectivity index (χ3v) is 4.08. The molecule has 108 valence electrons. The summed E-state index contributed by atoms with van der Waals surface area (Å²) < 4.78 is 5.73. The van der Waals surface area contributed by atoms with Crippen molar-refractivity contribution in [1.29, 1.82) is 0 Å². The number of pyridine rings is 1. The first-order chi connectivity index (χ1) is 10.2. The Hall–Kier alpha value is -2.14. The van der Waals surface area contributed by atoms with E-state index in [9.17, 15) is 4.79 Å². The predicted molar refractivity (Wildman–Crippen MR) is 83.3 cm³/mol. The van der Waals surface area contributed by atoms with Crippen molar-refractivity contribution < 1.29 is 9.53 Å². The molecular formula is C16H16N2O2S. The van der Waals surface area contributed by atoms with Gasteiger partial charge in [0.25, 0.3) is 0 Å². The lowest BCUT2D eigenvalue weighted by molar-refractivity contribution is -0.134. The summed E-state index contributed by atoms with van der Waals surface area (Å²) in [5.41, 5.74) is 0.929. The number of likely N-dealkylation sites (tertiary alicyclic amines) is 1. The van der Waals surface area contributed by atoms with Gasteiger partial charge < -0.3 is 9.64 Å². The van der Waals surface area contributed by atoms with E-state index < -0.39 is 0 Å². The molecule has 1 fully saturated rings. The lowest BCUT2D eigenvalue weighted by atomic mass is 10.1. The summed E-state index contributed by atoms with van der Waals surface area (Å²) in [6, 6.07) is 9.65. The summed E-state index contributed by atoms with van der Waals surface area (Å²) in [6.07, 6.45) is 3.51. The number of carbonyl (C=O) groups excluding carboxylic acids is 1. The van der Waals surface area contributed by atoms with Crippen LogP contribution in [0.5, 0.6) is 5.88 Å². The minimum absolute atomic E-state index is 0.0282. The van der Waals surface area contributed by atoms with E-state index in [0.29, 0.717) is 19.0 Å². The molecule has 3 heterocycles. The standard InChI is InChI=1S/C16H16N2O2S/c1-12-4-2-6-15(17-12)20-13-10-18(11-13)16(19)8-7-14-5-3-9-21-14/h2-9,13H,10-11H2,1H3/b8-7+. The van der Waals surface area contributed by atoms with Gasteiger partial charge >= 0.3 is 0 Å². The molecule has 1 saturated heterocycles. The fourth-order valence-corrected chi connectivity index (χ4v) is 2.71. The summed E-state index contributed by atoms with van der Waals surface area (Å²) >= 11 is 1.62. The maximum atomic E-state index is 11.9. The van der Waals surface area contributed by atoms with E-state index in [4.69, 9.17) is 4.74 Å². The Balaban J connectivity index is 1.48. The summed E-state index contributed by atoms with van der Waals surface area (Å²) in [5.74, 6) is 0.654. The van der Waals surface area contributed by atoms with Crippen molar-refractivity contribution in [3.05, 3.63) is 52.4 Å². The van der Waals surface area contributed by atoms with E-state index in [2.05, 4.69) is 4.98 Å². The molecule has 0 unspecified atom stereocenters. The topological polar surface area (TPSA) is 42.4 Å². The van der Waals surface area contributed by atoms with Gasteiger partial charge in [-0.25, -0.2) is 4.98 Å². The molecule has 2 aromatic rings. The Labute approximate surface area is 127 Å². The second kappa shape index (κ2) is 6.10. The van der Waals surface area contributed by atoms with Gasteiger partial charge in [-0.1, -0.05) is 12.1 Å². The van der Waals surface area contributed by atoms with Gasteiger partial charge in [0.05, 0.1) is 13.1 Å². The fraction of sp³-hybridized carbons (Fsp3) is 0.250. The van der Waals surface area contributed by atoms with Crippen molar-refractivity contribution in [2.45, 2.75) is 13.0 Å². The van der Waals surface area contributed by atoms with Crippen molar-refractivity contribution in [1.82, 2.24) is 9.88 Å². The highest BCUT2D eigenvalue weighted by atomic mass is 32.1. The highest BCUT2D eigenvalue weighted by Gasteiger charge is 2.31. The van der Waals surface area contributed by atoms with Crippen LogP contribution in [0.4, 0.5) is 0 Å². The van der Waals surface area contributed by atoms with Crippen LogP contribution < -0.4 is 4.74 Å². The van der Waals surface area contributed by atoms with Gasteiger partial charge in [0.1, 0.15) is 6.10 Å². The summed E-state index contributed by atoms with van der Waals surface area (Å²) in [6.45, 7) is 3.16. The molecule has 0 N–H and O–H groups in total. The van der Waals surface area contributed by atoms with Gasteiger partial charge in [0.15, 0.2) is 0 Å². The fourth-order valence-electron chi connectivity index (χ4n) is 2.09. The second-order valence-corrected chi connectivity index (χ2v) is 5.93. The van der Waals surface area contributed by atoms with Crippen LogP contribution in [0.1, 0.15) is 10.6 Å². The average Bonchev–Trinajstić information content (AvgIpc) is 2.93. The van der Waals surface area contributed by atoms with Gasteiger partial charge in [-0.2, -0.15) is 0 Å². The Bertz CT molecular complexity index is 646. The molecule has 0 radical (unpaired) electrons. The van der Waals surface area contributed by atoms with Crippen LogP contribution in [-0.2, 0) is 4.79 Å². The van der Waals surface area contributed by atoms with Crippen LogP contribution >= 0.6 is 11.3 Å². The van der Waals surface area contributed by atoms with Crippen molar-refractivity contribution in [2.75, 3.05) is 13.1 Å². The lowest BCUT2D eigenvalue weighted by Crippen LogP contribution is -2.55. The van der Waals surface area contributed by atoms with E-state index in [0.717, 1.165) is 10.6 Å². The molecule has 3 rings (SSSR count). The van der Waals surface area contributed by atoms with Gasteiger partial charge in [-0.15, -0.1) is 11.3 Å². The first-order valence-electron chi connectivity index (χ1n) is 6.81. The summed E-state index contributed by atoms with van der Waals surface area (Å²) in [7, 11) is 0. The number of ether oxygens (including phenoxy) is 1. The molecule has 0 atom stereocenters. The minimum atomic E-state index is 0.0282. The molecule has 1 aliphatic heterocycles. The predicted octanol–water partition coefficient (Wildman–Crippen LogP) is 2.75. The third-order valence-electron chi connectivity index (χ3n) is 3.24. The molecule has 5 heteroatoms. The van der Waals surface area contributed by atoms with Crippen LogP contribution in [0.2, 0.25) is 0 Å². The smallest absolute Gasteiger partial charge is 0.246 e. The van der Waals surface area contributed by atoms with Crippen molar-refractivity contribution in [3.8, 4) is 5.88 Å². The largest absolute Gasteiger partial charge is 0.471 e. The number of aryl methyl sites for hydroxylation is 1. The number of thiophene rings is 1. The maximum Gasteiger partial charge on any atom is 0.246 e. The molecule has 1 amide bonds. The van der Waals surface area contributed by atoms with Gasteiger partial charge in [0.2, 0.25) is 11.8 Å². The normalized spacial score (nSPS) is 15.2. The highest BCUT2D eigenvalue weighted by molar-refractivity contribution is 7.10. The summed E-state index contributed by atoms with van der Waals surface area (Å²) in [5, 5.41) is 1.99. The Morgan fingerprint density at radius 3 is 2.95 bits per heavy atom. The van der Waals surface area contributed by atoms with E-state index in [1.165, 1.54) is 0 Å². The molecular weight excluding hydrogens is 284 g/mol. The number of nitrogens with zero attached hydrogens (tertiary/aromatic N) is 2. The van der Waals surface area contributed by atoms with Gasteiger partial charge in [-0.05, 0) is 30.5 Å². The highest BCUT2D eigenvalue weighted by Crippen LogP contribution is 2.17. The third kappa shape index (κ3) is 3.49. The molecule has 1 aliphatic rings. The van der Waals surface area contributed by atoms with E-state index >= 15 is 0 Å². The zero-order valence-corrected chi connectivity index (χ0v) is 12.5. The number of carbonyl (C=O) groups is 1. The molecule has 21 heavy (non-hydrogen) atoms. The Morgan fingerprint density at radius 1 is 1.38 bits per heavy atom. The lowest BCUT2D eigenvalue weighted by Gasteiger charge is -2.38. The number of amides is 1. The molecule has 0 saturated carbocycles. The molecule has 0 aromatic carbocycles. The molecule has 2 aromatic heterocycles. The Kier molecular flexibility index (Phi) is 4.01. The van der Waals surface area contributed by atoms with Gasteiger partial charge in [0, 0.05) is 22.7 Å². The quantitative estimate of drug-likeness (QED) is 0.815. The van der Waals surface area contributed by atoms with Crippen LogP contribution in [0.3, 0.4) is 0 Å². The van der Waals surface area contributed by atoms with Crippen molar-refractivity contribution in [3.63, 3.8) is 0 Å². The van der Waals surface area contributed by atoms with Crippen LogP contribution in [0.15, 0.2) is 41.8 Å². The number of rotatable bonds is 4. The summed E-state index contributed by atoms with van der Waals surface area (Å²) in [4.78, 5) is 19.1. The van der Waals surface area contributed by atoms with Crippen LogP contribution in [0, 0.1) is 6.92 Å². The van der Waals surface area contributed by atoms with Crippen molar-refractivity contribution in [2.24, 2.45) is 0 Å². The SMILES string of the molecule is Cc1cccc(OC2CN(C(=O)/C=C/c3cccs3)C2)n1. The minimum Gasteiger partial charge on any atom is -0.471 e. The molecule has 0 bridgehead atoms. The van der Waals surface area contributed by atoms with Crippen LogP contribution in [-0.4, -0.2) is 35.0 Å². The van der Waals surface area contributed by atoms with E-state index in [-0.39, 0.29) is 12.0 Å². The van der Waals surface area contributed by atoms with Crippen molar-refractivity contribution >= 4 is 23.3 Å². The Morgan fingerprint density at radius 2 is 2.24 bits per heavy atom. The number of aromatic nitrogens is 1. The molecule has 4 nitrogen and oxygen atoms in total. The zero-order chi connectivity index (χ0) is 14.7. The average molecular weight is 300 g/mol. The maximum absolute atomic E-state index is 11.9. The van der Waals surface area contributed by atoms with E-state index in [1.807, 2.05) is 48.7 Å². The second-order valence-electron chi connectivity index (χ2n) is 4.95. The number of hydrogen-bond donors (Lipinski definition) is 0. The molecule has 0 aliphatic carbocycles.